The van der Waals surface area contributed by atoms with Crippen LogP contribution in [0, 0.1) is 11.8 Å². The van der Waals surface area contributed by atoms with Crippen LogP contribution in [0.1, 0.15) is 25.7 Å². The first kappa shape index (κ1) is 4.54. The number of hydrogen-bond donors (Lipinski definition) is 0. The summed E-state index contributed by atoms with van der Waals surface area (Å²) >= 11 is 0. The van der Waals surface area contributed by atoms with E-state index in [9.17, 15) is 4.79 Å². The van der Waals surface area contributed by atoms with Gasteiger partial charge in [0.2, 0.25) is 0 Å². The van der Waals surface area contributed by atoms with Crippen LogP contribution in [0.15, 0.2) is 0 Å². The van der Waals surface area contributed by atoms with Gasteiger partial charge in [0.05, 0.1) is 0 Å². The first-order chi connectivity index (χ1) is 3.86. The molecule has 0 saturated heterocycles. The van der Waals surface area contributed by atoms with Crippen molar-refractivity contribution in [1.82, 2.24) is 0 Å². The molecule has 0 aliphatic heterocycles. The molecule has 0 aromatic rings. The molecular weight excluding hydrogens is 100 g/mol. The van der Waals surface area contributed by atoms with Crippen molar-refractivity contribution in [2.24, 2.45) is 11.8 Å². The van der Waals surface area contributed by atoms with Crippen LogP contribution in [-0.4, -0.2) is 5.78 Å². The van der Waals surface area contributed by atoms with E-state index in [4.69, 9.17) is 0 Å². The highest BCUT2D eigenvalue weighted by atomic mass is 16.1. The quantitative estimate of drug-likeness (QED) is 0.460. The van der Waals surface area contributed by atoms with Crippen molar-refractivity contribution in [2.75, 3.05) is 0 Å². The molecule has 0 amide bonds. The average Bonchev–Trinajstić information content (AvgIpc) is 2.43. The zero-order valence-electron chi connectivity index (χ0n) is 4.89. The fourth-order valence-electron chi connectivity index (χ4n) is 1.65. The second-order valence-electron chi connectivity index (χ2n) is 3.04. The average molecular weight is 110 g/mol. The lowest BCUT2D eigenvalue weighted by molar-refractivity contribution is -0.120. The van der Waals surface area contributed by atoms with Gasteiger partial charge < -0.3 is 0 Å². The highest BCUT2D eigenvalue weighted by Crippen LogP contribution is 2.47. The van der Waals surface area contributed by atoms with Crippen LogP contribution in [0.3, 0.4) is 0 Å². The Morgan fingerprint density at radius 3 is 2.88 bits per heavy atom. The second-order valence-corrected chi connectivity index (χ2v) is 3.04. The molecule has 0 N–H and O–H groups in total. The van der Waals surface area contributed by atoms with Crippen molar-refractivity contribution in [3.8, 4) is 0 Å². The summed E-state index contributed by atoms with van der Waals surface area (Å²) in [5, 5.41) is 0. The number of rotatable bonds is 0. The number of fused-ring (bicyclic) bond motifs is 1. The zero-order chi connectivity index (χ0) is 5.56. The predicted molar refractivity (Wildman–Crippen MR) is 30.5 cm³/mol. The topological polar surface area (TPSA) is 17.1 Å². The minimum absolute atomic E-state index is 0.503. The van der Waals surface area contributed by atoms with Gasteiger partial charge in [-0.15, -0.1) is 0 Å². The lowest BCUT2D eigenvalue weighted by Gasteiger charge is -2.04. The van der Waals surface area contributed by atoms with Crippen molar-refractivity contribution >= 4 is 5.78 Å². The van der Waals surface area contributed by atoms with E-state index in [2.05, 4.69) is 0 Å². The van der Waals surface area contributed by atoms with Gasteiger partial charge in [0.1, 0.15) is 5.78 Å². The minimum atomic E-state index is 0.503. The van der Waals surface area contributed by atoms with Gasteiger partial charge in [-0.3, -0.25) is 4.79 Å². The van der Waals surface area contributed by atoms with Crippen molar-refractivity contribution in [1.29, 1.82) is 0 Å². The number of carbonyl (C=O) groups is 1. The summed E-state index contributed by atoms with van der Waals surface area (Å²) in [7, 11) is 0. The smallest absolute Gasteiger partial charge is 0.133 e. The van der Waals surface area contributed by atoms with Gasteiger partial charge in [-0.25, -0.2) is 0 Å². The molecular formula is C7H10O. The summed E-state index contributed by atoms with van der Waals surface area (Å²) in [4.78, 5) is 10.7. The van der Waals surface area contributed by atoms with Crippen LogP contribution in [0.4, 0.5) is 0 Å². The van der Waals surface area contributed by atoms with E-state index in [1.54, 1.807) is 0 Å². The summed E-state index contributed by atoms with van der Waals surface area (Å²) in [6, 6.07) is 0. The van der Waals surface area contributed by atoms with Crippen LogP contribution in [-0.2, 0) is 4.79 Å². The highest BCUT2D eigenvalue weighted by molar-refractivity contribution is 5.80. The van der Waals surface area contributed by atoms with E-state index >= 15 is 0 Å². The Morgan fingerprint density at radius 1 is 1.38 bits per heavy atom. The third-order valence-electron chi connectivity index (χ3n) is 2.35. The largest absolute Gasteiger partial charge is 0.300 e. The minimum Gasteiger partial charge on any atom is -0.300 e. The second kappa shape index (κ2) is 1.34. The molecule has 2 fully saturated rings. The molecule has 0 radical (unpaired) electrons. The van der Waals surface area contributed by atoms with Gasteiger partial charge in [-0.1, -0.05) is 0 Å². The predicted octanol–water partition coefficient (Wildman–Crippen LogP) is 1.38. The van der Waals surface area contributed by atoms with Gasteiger partial charge >= 0.3 is 0 Å². The summed E-state index contributed by atoms with van der Waals surface area (Å²) < 4.78 is 0. The maximum Gasteiger partial charge on any atom is 0.133 e. The Balaban J connectivity index is 2.02. The molecule has 0 bridgehead atoms. The fraction of sp³-hybridized carbons (Fsp3) is 0.857. The number of hydrogen-bond acceptors (Lipinski definition) is 1. The monoisotopic (exact) mass is 110 g/mol. The first-order valence-corrected chi connectivity index (χ1v) is 3.38. The lowest BCUT2D eigenvalue weighted by atomic mass is 10.00. The Labute approximate surface area is 49.1 Å². The van der Waals surface area contributed by atoms with Gasteiger partial charge in [-0.05, 0) is 24.7 Å². The molecule has 1 heteroatoms. The maximum absolute atomic E-state index is 10.7. The molecule has 0 aromatic carbocycles. The molecule has 1 nitrogen and oxygen atoms in total. The van der Waals surface area contributed by atoms with Crippen molar-refractivity contribution in [3.05, 3.63) is 0 Å². The van der Waals surface area contributed by atoms with E-state index in [0.717, 1.165) is 24.7 Å². The summed E-state index contributed by atoms with van der Waals surface area (Å²) in [6.45, 7) is 0. The normalized spacial score (nSPS) is 43.8. The van der Waals surface area contributed by atoms with E-state index in [0.29, 0.717) is 5.78 Å². The van der Waals surface area contributed by atoms with Crippen LogP contribution in [0.5, 0.6) is 0 Å². The number of carbonyl (C=O) groups excluding carboxylic acids is 1. The van der Waals surface area contributed by atoms with E-state index in [1.165, 1.54) is 12.8 Å². The molecule has 0 aromatic heterocycles. The van der Waals surface area contributed by atoms with Crippen LogP contribution in [0.2, 0.25) is 0 Å². The SMILES string of the molecule is O=C1CCC2CC2C1. The molecule has 0 heterocycles. The number of ketones is 1. The molecule has 2 aliphatic rings. The Bertz CT molecular complexity index is 128. The van der Waals surface area contributed by atoms with E-state index in [1.807, 2.05) is 0 Å². The van der Waals surface area contributed by atoms with Gasteiger partial charge in [-0.2, -0.15) is 0 Å². The summed E-state index contributed by atoms with van der Waals surface area (Å²) in [5.74, 6) is 2.30. The lowest BCUT2D eigenvalue weighted by Crippen LogP contribution is -2.05. The maximum atomic E-state index is 10.7. The van der Waals surface area contributed by atoms with Crippen molar-refractivity contribution < 1.29 is 4.79 Å². The molecule has 0 spiro atoms. The van der Waals surface area contributed by atoms with Crippen LogP contribution >= 0.6 is 0 Å². The fourth-order valence-corrected chi connectivity index (χ4v) is 1.65. The van der Waals surface area contributed by atoms with Crippen molar-refractivity contribution in [2.45, 2.75) is 25.7 Å². The molecule has 2 rings (SSSR count). The Morgan fingerprint density at radius 2 is 2.25 bits per heavy atom. The first-order valence-electron chi connectivity index (χ1n) is 3.38. The van der Waals surface area contributed by atoms with Gasteiger partial charge in [0.25, 0.3) is 0 Å². The summed E-state index contributed by atoms with van der Waals surface area (Å²) in [6.07, 6.45) is 4.33. The van der Waals surface area contributed by atoms with Crippen LogP contribution in [0.25, 0.3) is 0 Å². The van der Waals surface area contributed by atoms with Crippen LogP contribution < -0.4 is 0 Å². The van der Waals surface area contributed by atoms with E-state index in [-0.39, 0.29) is 0 Å². The zero-order valence-corrected chi connectivity index (χ0v) is 4.89. The Kier molecular flexibility index (Phi) is 0.758. The third-order valence-corrected chi connectivity index (χ3v) is 2.35. The molecule has 2 atom stereocenters. The molecule has 2 unspecified atom stereocenters. The molecule has 2 saturated carbocycles. The van der Waals surface area contributed by atoms with Gasteiger partial charge in [0, 0.05) is 12.8 Å². The molecule has 8 heavy (non-hydrogen) atoms. The number of Topliss-reactive ketones (excluding diaryl/α,β-unsaturated/α-hetero) is 1. The highest BCUT2D eigenvalue weighted by Gasteiger charge is 2.41. The van der Waals surface area contributed by atoms with Crippen molar-refractivity contribution in [3.63, 3.8) is 0 Å². The summed E-state index contributed by atoms with van der Waals surface area (Å²) in [5.41, 5.74) is 0. The van der Waals surface area contributed by atoms with E-state index < -0.39 is 0 Å². The molecule has 44 valence electrons. The Hall–Kier alpha value is -0.330. The molecule has 2 aliphatic carbocycles. The standard InChI is InChI=1S/C7H10O/c8-7-2-1-5-3-6(5)4-7/h5-6H,1-4H2. The third kappa shape index (κ3) is 0.575. The van der Waals surface area contributed by atoms with Gasteiger partial charge in [0.15, 0.2) is 0 Å².